The Labute approximate surface area is 215 Å². The minimum atomic E-state index is -3.78. The van der Waals surface area contributed by atoms with E-state index in [1.807, 2.05) is 58.9 Å². The molecule has 1 N–H and O–H groups in total. The van der Waals surface area contributed by atoms with Crippen LogP contribution in [0, 0.1) is 12.8 Å². The summed E-state index contributed by atoms with van der Waals surface area (Å²) in [6.07, 6.45) is 1.46. The molecular formula is C27H39N3O5S. The number of nitrogens with zero attached hydrogens (tertiary/aromatic N) is 2. The molecule has 0 aliphatic rings. The van der Waals surface area contributed by atoms with E-state index in [1.54, 1.807) is 24.3 Å². The number of anilines is 1. The smallest absolute Gasteiger partial charge is 0.244 e. The molecule has 2 aromatic carbocycles. The number of ether oxygens (including phenoxy) is 1. The molecule has 0 aliphatic carbocycles. The molecule has 0 radical (unpaired) electrons. The number of aryl methyl sites for hydroxylation is 1. The van der Waals surface area contributed by atoms with Gasteiger partial charge in [-0.1, -0.05) is 50.6 Å². The van der Waals surface area contributed by atoms with E-state index in [4.69, 9.17) is 4.74 Å². The second-order valence-corrected chi connectivity index (χ2v) is 11.2. The predicted octanol–water partition coefficient (Wildman–Crippen LogP) is 3.74. The monoisotopic (exact) mass is 517 g/mol. The van der Waals surface area contributed by atoms with Gasteiger partial charge in [0.05, 0.1) is 18.6 Å². The first-order valence-corrected chi connectivity index (χ1v) is 14.1. The van der Waals surface area contributed by atoms with Crippen LogP contribution in [-0.2, 0) is 26.2 Å². The number of sulfonamides is 1. The molecule has 198 valence electrons. The fourth-order valence-electron chi connectivity index (χ4n) is 3.84. The Morgan fingerprint density at radius 2 is 1.72 bits per heavy atom. The highest BCUT2D eigenvalue weighted by molar-refractivity contribution is 7.92. The van der Waals surface area contributed by atoms with Crippen molar-refractivity contribution in [3.05, 3.63) is 59.7 Å². The van der Waals surface area contributed by atoms with Crippen molar-refractivity contribution in [1.82, 2.24) is 10.2 Å². The normalized spacial score (nSPS) is 12.2. The topological polar surface area (TPSA) is 96.0 Å². The van der Waals surface area contributed by atoms with Gasteiger partial charge in [-0.25, -0.2) is 8.42 Å². The second kappa shape index (κ2) is 13.3. The van der Waals surface area contributed by atoms with E-state index in [9.17, 15) is 18.0 Å². The number of carbonyl (C=O) groups excluding carboxylic acids is 2. The molecule has 36 heavy (non-hydrogen) atoms. The third kappa shape index (κ3) is 8.55. The molecule has 1 atom stereocenters. The number of benzene rings is 2. The van der Waals surface area contributed by atoms with Gasteiger partial charge in [-0.05, 0) is 56.0 Å². The van der Waals surface area contributed by atoms with Gasteiger partial charge in [-0.3, -0.25) is 13.9 Å². The van der Waals surface area contributed by atoms with Crippen LogP contribution in [0.15, 0.2) is 48.5 Å². The average Bonchev–Trinajstić information content (AvgIpc) is 2.81. The zero-order chi connectivity index (χ0) is 26.9. The molecule has 0 heterocycles. The van der Waals surface area contributed by atoms with Gasteiger partial charge in [0.25, 0.3) is 0 Å². The van der Waals surface area contributed by atoms with E-state index in [1.165, 1.54) is 4.90 Å². The number of amides is 2. The Morgan fingerprint density at radius 1 is 1.06 bits per heavy atom. The molecule has 2 aromatic rings. The summed E-state index contributed by atoms with van der Waals surface area (Å²) < 4.78 is 31.9. The maximum absolute atomic E-state index is 13.7. The van der Waals surface area contributed by atoms with E-state index in [-0.39, 0.29) is 18.4 Å². The van der Waals surface area contributed by atoms with Crippen LogP contribution in [0.25, 0.3) is 0 Å². The fourth-order valence-corrected chi connectivity index (χ4v) is 4.69. The lowest BCUT2D eigenvalue weighted by Gasteiger charge is -2.33. The van der Waals surface area contributed by atoms with Crippen LogP contribution in [0.4, 0.5) is 5.69 Å². The van der Waals surface area contributed by atoms with Crippen LogP contribution >= 0.6 is 0 Å². The number of rotatable bonds is 13. The summed E-state index contributed by atoms with van der Waals surface area (Å²) in [6, 6.07) is 13.5. The largest absolute Gasteiger partial charge is 0.494 e. The van der Waals surface area contributed by atoms with Crippen LogP contribution < -0.4 is 14.4 Å². The number of hydrogen-bond acceptors (Lipinski definition) is 5. The highest BCUT2D eigenvalue weighted by Crippen LogP contribution is 2.23. The van der Waals surface area contributed by atoms with Crippen LogP contribution in [-0.4, -0.2) is 57.1 Å². The Hall–Kier alpha value is -3.07. The van der Waals surface area contributed by atoms with E-state index in [0.29, 0.717) is 31.0 Å². The van der Waals surface area contributed by atoms with Gasteiger partial charge in [0.15, 0.2) is 0 Å². The lowest BCUT2D eigenvalue weighted by Crippen LogP contribution is -2.52. The van der Waals surface area contributed by atoms with Crippen LogP contribution in [0.2, 0.25) is 0 Å². The summed E-state index contributed by atoms with van der Waals surface area (Å²) in [5.41, 5.74) is 2.25. The Morgan fingerprint density at radius 3 is 2.25 bits per heavy atom. The van der Waals surface area contributed by atoms with Crippen molar-refractivity contribution in [2.75, 3.05) is 30.3 Å². The molecule has 0 aromatic heterocycles. The molecule has 2 rings (SSSR count). The van der Waals surface area contributed by atoms with E-state index in [2.05, 4.69) is 5.32 Å². The van der Waals surface area contributed by atoms with E-state index < -0.39 is 28.5 Å². The van der Waals surface area contributed by atoms with Crippen molar-refractivity contribution >= 4 is 27.5 Å². The molecule has 9 heteroatoms. The summed E-state index contributed by atoms with van der Waals surface area (Å²) in [4.78, 5) is 28.3. The van der Waals surface area contributed by atoms with Crippen LogP contribution in [0.3, 0.4) is 0 Å². The molecule has 8 nitrogen and oxygen atoms in total. The first kappa shape index (κ1) is 29.2. The zero-order valence-electron chi connectivity index (χ0n) is 22.2. The molecule has 0 fully saturated rings. The third-order valence-electron chi connectivity index (χ3n) is 5.62. The molecule has 0 bridgehead atoms. The summed E-state index contributed by atoms with van der Waals surface area (Å²) in [6.45, 7) is 10.4. The molecule has 2 amide bonds. The zero-order valence-corrected chi connectivity index (χ0v) is 23.0. The second-order valence-electron chi connectivity index (χ2n) is 9.27. The minimum Gasteiger partial charge on any atom is -0.494 e. The van der Waals surface area contributed by atoms with Crippen molar-refractivity contribution < 1.29 is 22.7 Å². The quantitative estimate of drug-likeness (QED) is 0.437. The molecular weight excluding hydrogens is 478 g/mol. The van der Waals surface area contributed by atoms with Gasteiger partial charge < -0.3 is 15.0 Å². The van der Waals surface area contributed by atoms with E-state index in [0.717, 1.165) is 21.7 Å². The molecule has 0 saturated carbocycles. The van der Waals surface area contributed by atoms with Crippen molar-refractivity contribution in [1.29, 1.82) is 0 Å². The van der Waals surface area contributed by atoms with Crippen LogP contribution in [0.1, 0.15) is 45.2 Å². The molecule has 0 aliphatic heterocycles. The molecule has 0 spiro atoms. The SMILES string of the molecule is CCOc1ccc(N(CC(=O)N(Cc2cccc(C)c2)[C@@H](CC)C(=O)NCC(C)C)S(C)(=O)=O)cc1. The van der Waals surface area contributed by atoms with Crippen molar-refractivity contribution in [2.24, 2.45) is 5.92 Å². The lowest BCUT2D eigenvalue weighted by molar-refractivity contribution is -0.140. The van der Waals surface area contributed by atoms with Gasteiger partial charge >= 0.3 is 0 Å². The first-order valence-electron chi connectivity index (χ1n) is 12.3. The molecule has 0 saturated heterocycles. The van der Waals surface area contributed by atoms with Crippen molar-refractivity contribution in [3.63, 3.8) is 0 Å². The van der Waals surface area contributed by atoms with Gasteiger partial charge in [-0.2, -0.15) is 0 Å². The number of hydrogen-bond donors (Lipinski definition) is 1. The summed E-state index contributed by atoms with van der Waals surface area (Å²) in [7, 11) is -3.78. The number of nitrogens with one attached hydrogen (secondary N) is 1. The minimum absolute atomic E-state index is 0.189. The van der Waals surface area contributed by atoms with Crippen molar-refractivity contribution in [3.8, 4) is 5.75 Å². The average molecular weight is 518 g/mol. The van der Waals surface area contributed by atoms with Gasteiger partial charge in [-0.15, -0.1) is 0 Å². The fraction of sp³-hybridized carbons (Fsp3) is 0.481. The van der Waals surface area contributed by atoms with E-state index >= 15 is 0 Å². The summed E-state index contributed by atoms with van der Waals surface area (Å²) >= 11 is 0. The third-order valence-corrected chi connectivity index (χ3v) is 6.76. The lowest BCUT2D eigenvalue weighted by atomic mass is 10.1. The Balaban J connectivity index is 2.40. The highest BCUT2D eigenvalue weighted by Gasteiger charge is 2.31. The van der Waals surface area contributed by atoms with Crippen LogP contribution in [0.5, 0.6) is 5.75 Å². The first-order chi connectivity index (χ1) is 17.0. The van der Waals surface area contributed by atoms with Crippen molar-refractivity contribution in [2.45, 2.75) is 53.6 Å². The van der Waals surface area contributed by atoms with Gasteiger partial charge in [0, 0.05) is 13.1 Å². The Bertz CT molecular complexity index is 1120. The maximum Gasteiger partial charge on any atom is 0.244 e. The molecule has 0 unspecified atom stereocenters. The standard InChI is InChI=1S/C27H39N3O5S/c1-7-25(27(32)28-17-20(3)4)29(18-22-11-9-10-21(5)16-22)26(31)19-30(36(6,33)34)23-12-14-24(15-13-23)35-8-2/h9-16,20,25H,7-8,17-19H2,1-6H3,(H,28,32)/t25-/m0/s1. The summed E-state index contributed by atoms with van der Waals surface area (Å²) in [5.74, 6) is 0.157. The summed E-state index contributed by atoms with van der Waals surface area (Å²) in [5, 5.41) is 2.92. The highest BCUT2D eigenvalue weighted by atomic mass is 32.2. The maximum atomic E-state index is 13.7. The van der Waals surface area contributed by atoms with Gasteiger partial charge in [0.2, 0.25) is 21.8 Å². The Kier molecular flexibility index (Phi) is 10.8. The van der Waals surface area contributed by atoms with Gasteiger partial charge in [0.1, 0.15) is 18.3 Å². The number of carbonyl (C=O) groups is 2. The predicted molar refractivity (Wildman–Crippen MR) is 143 cm³/mol.